The van der Waals surface area contributed by atoms with Gasteiger partial charge in [-0.1, -0.05) is 0 Å². The maximum absolute atomic E-state index is 11.9. The second kappa shape index (κ2) is 5.25. The van der Waals surface area contributed by atoms with E-state index in [1.807, 2.05) is 0 Å². The Labute approximate surface area is 123 Å². The summed E-state index contributed by atoms with van der Waals surface area (Å²) in [4.78, 5) is 23.8. The minimum atomic E-state index is -0.272. The van der Waals surface area contributed by atoms with Gasteiger partial charge in [0.15, 0.2) is 0 Å². The summed E-state index contributed by atoms with van der Waals surface area (Å²) in [6.45, 7) is -0.268. The first kappa shape index (κ1) is 13.5. The Balaban J connectivity index is 1.17. The largest absolute Gasteiger partial charge is 0.428 e. The minimum Gasteiger partial charge on any atom is -0.428 e. The number of fused-ring (bicyclic) bond motifs is 3. The van der Waals surface area contributed by atoms with Crippen LogP contribution >= 0.6 is 0 Å². The molecule has 0 N–H and O–H groups in total. The molecule has 5 atom stereocenters. The number of carbonyl (C=O) groups excluding carboxylic acids is 2. The SMILES string of the molecule is O=C(OCOC(=O)C1CCC2OC2C1)C1CC2CC(C1)O2. The molecule has 2 saturated carbocycles. The van der Waals surface area contributed by atoms with Crippen molar-refractivity contribution in [1.82, 2.24) is 0 Å². The van der Waals surface area contributed by atoms with E-state index in [9.17, 15) is 9.59 Å². The molecule has 5 unspecified atom stereocenters. The van der Waals surface area contributed by atoms with Gasteiger partial charge in [0, 0.05) is 0 Å². The van der Waals surface area contributed by atoms with E-state index in [0.717, 1.165) is 38.5 Å². The van der Waals surface area contributed by atoms with Crippen molar-refractivity contribution in [3.63, 3.8) is 0 Å². The van der Waals surface area contributed by atoms with Crippen LogP contribution in [0.25, 0.3) is 0 Å². The van der Waals surface area contributed by atoms with Crippen LogP contribution in [0.4, 0.5) is 0 Å². The van der Waals surface area contributed by atoms with Crippen LogP contribution in [0, 0.1) is 11.8 Å². The third-order valence-corrected chi connectivity index (χ3v) is 5.08. The van der Waals surface area contributed by atoms with Crippen molar-refractivity contribution in [2.24, 2.45) is 11.8 Å². The van der Waals surface area contributed by atoms with Gasteiger partial charge >= 0.3 is 11.9 Å². The summed E-state index contributed by atoms with van der Waals surface area (Å²) in [6.07, 6.45) is 6.03. The van der Waals surface area contributed by atoms with E-state index in [4.69, 9.17) is 18.9 Å². The zero-order valence-electron chi connectivity index (χ0n) is 11.9. The number of esters is 2. The van der Waals surface area contributed by atoms with E-state index in [0.29, 0.717) is 6.10 Å². The monoisotopic (exact) mass is 296 g/mol. The van der Waals surface area contributed by atoms with E-state index < -0.39 is 0 Å². The Hall–Kier alpha value is -1.14. The first-order chi connectivity index (χ1) is 10.2. The Morgan fingerprint density at radius 3 is 2.14 bits per heavy atom. The van der Waals surface area contributed by atoms with Gasteiger partial charge in [0.25, 0.3) is 0 Å². The number of hydrogen-bond acceptors (Lipinski definition) is 6. The highest BCUT2D eigenvalue weighted by Gasteiger charge is 2.46. The predicted molar refractivity (Wildman–Crippen MR) is 69.1 cm³/mol. The number of rotatable bonds is 4. The second-order valence-corrected chi connectivity index (χ2v) is 6.55. The molecule has 2 bridgehead atoms. The predicted octanol–water partition coefficient (Wildman–Crippen LogP) is 1.17. The van der Waals surface area contributed by atoms with Gasteiger partial charge in [0.1, 0.15) is 0 Å². The van der Waals surface area contributed by atoms with Crippen molar-refractivity contribution in [2.75, 3.05) is 6.79 Å². The number of hydrogen-bond donors (Lipinski definition) is 0. The molecule has 0 radical (unpaired) electrons. The molecule has 116 valence electrons. The summed E-state index contributed by atoms with van der Waals surface area (Å²) in [5, 5.41) is 0. The Bertz CT molecular complexity index is 414. The smallest absolute Gasteiger partial charge is 0.312 e. The first-order valence-corrected chi connectivity index (χ1v) is 7.83. The number of carbonyl (C=O) groups is 2. The van der Waals surface area contributed by atoms with E-state index in [1.54, 1.807) is 0 Å². The lowest BCUT2D eigenvalue weighted by atomic mass is 9.81. The van der Waals surface area contributed by atoms with Crippen LogP contribution in [0.5, 0.6) is 0 Å². The first-order valence-electron chi connectivity index (χ1n) is 7.83. The summed E-state index contributed by atoms with van der Waals surface area (Å²) in [7, 11) is 0. The fourth-order valence-electron chi connectivity index (χ4n) is 3.78. The molecule has 2 aliphatic carbocycles. The maximum atomic E-state index is 11.9. The fourth-order valence-corrected chi connectivity index (χ4v) is 3.78. The van der Waals surface area contributed by atoms with Crippen LogP contribution in [-0.2, 0) is 28.5 Å². The third kappa shape index (κ3) is 2.79. The van der Waals surface area contributed by atoms with Gasteiger partial charge in [-0.25, -0.2) is 0 Å². The molecule has 0 spiro atoms. The highest BCUT2D eigenvalue weighted by atomic mass is 16.7. The molecule has 0 aromatic rings. The van der Waals surface area contributed by atoms with Crippen LogP contribution in [-0.4, -0.2) is 43.1 Å². The highest BCUT2D eigenvalue weighted by molar-refractivity contribution is 5.74. The quantitative estimate of drug-likeness (QED) is 0.440. The molecule has 0 amide bonds. The van der Waals surface area contributed by atoms with Crippen LogP contribution in [0.1, 0.15) is 38.5 Å². The van der Waals surface area contributed by atoms with Gasteiger partial charge in [-0.3, -0.25) is 9.59 Å². The fraction of sp³-hybridized carbons (Fsp3) is 0.867. The standard InChI is InChI=1S/C15H20O6/c16-14(8-1-2-12-13(5-8)21-12)18-7-19-15(17)9-3-10-6-11(4-9)20-10/h8-13H,1-7H2. The lowest BCUT2D eigenvalue weighted by molar-refractivity contribution is -0.196. The van der Waals surface area contributed by atoms with E-state index >= 15 is 0 Å². The van der Waals surface area contributed by atoms with E-state index in [2.05, 4.69) is 0 Å². The summed E-state index contributed by atoms with van der Waals surface area (Å²) in [5.41, 5.74) is 0. The van der Waals surface area contributed by atoms with Crippen LogP contribution in [0.2, 0.25) is 0 Å². The lowest BCUT2D eigenvalue weighted by Crippen LogP contribution is -2.47. The van der Waals surface area contributed by atoms with Crippen molar-refractivity contribution in [2.45, 2.75) is 62.9 Å². The molecule has 5 rings (SSSR count). The average Bonchev–Trinajstić information content (AvgIpc) is 3.24. The summed E-state index contributed by atoms with van der Waals surface area (Å²) in [6, 6.07) is 0. The zero-order valence-corrected chi connectivity index (χ0v) is 11.9. The van der Waals surface area contributed by atoms with Crippen molar-refractivity contribution in [3.8, 4) is 0 Å². The number of ether oxygens (including phenoxy) is 4. The molecule has 21 heavy (non-hydrogen) atoms. The molecule has 6 nitrogen and oxygen atoms in total. The van der Waals surface area contributed by atoms with E-state index in [-0.39, 0.29) is 48.9 Å². The molecule has 0 aromatic heterocycles. The average molecular weight is 296 g/mol. The van der Waals surface area contributed by atoms with Gasteiger partial charge in [-0.2, -0.15) is 0 Å². The van der Waals surface area contributed by atoms with Gasteiger partial charge < -0.3 is 18.9 Å². The van der Waals surface area contributed by atoms with Crippen molar-refractivity contribution < 1.29 is 28.5 Å². The minimum absolute atomic E-state index is 0.100. The molecule has 5 fully saturated rings. The van der Waals surface area contributed by atoms with Gasteiger partial charge in [0.2, 0.25) is 6.79 Å². The summed E-state index contributed by atoms with van der Waals surface area (Å²) < 4.78 is 21.0. The molecule has 5 aliphatic rings. The Morgan fingerprint density at radius 1 is 0.810 bits per heavy atom. The van der Waals surface area contributed by atoms with Gasteiger partial charge in [-0.15, -0.1) is 0 Å². The van der Waals surface area contributed by atoms with Crippen molar-refractivity contribution in [3.05, 3.63) is 0 Å². The maximum Gasteiger partial charge on any atom is 0.312 e. The topological polar surface area (TPSA) is 74.4 Å². The molecule has 3 aliphatic heterocycles. The molecule has 3 saturated heterocycles. The normalized spacial score (nSPS) is 43.2. The zero-order chi connectivity index (χ0) is 14.4. The second-order valence-electron chi connectivity index (χ2n) is 6.55. The van der Waals surface area contributed by atoms with Gasteiger partial charge in [0.05, 0.1) is 36.3 Å². The third-order valence-electron chi connectivity index (χ3n) is 5.08. The molecule has 0 aromatic carbocycles. The molecule has 3 heterocycles. The number of epoxide rings is 1. The molecule has 6 heteroatoms. The van der Waals surface area contributed by atoms with Crippen molar-refractivity contribution in [1.29, 1.82) is 0 Å². The van der Waals surface area contributed by atoms with Gasteiger partial charge in [-0.05, 0) is 38.5 Å². The molecular weight excluding hydrogens is 276 g/mol. The molecular formula is C15H20O6. The van der Waals surface area contributed by atoms with Crippen LogP contribution in [0.15, 0.2) is 0 Å². The van der Waals surface area contributed by atoms with Crippen molar-refractivity contribution >= 4 is 11.9 Å². The van der Waals surface area contributed by atoms with Crippen LogP contribution in [0.3, 0.4) is 0 Å². The van der Waals surface area contributed by atoms with E-state index in [1.165, 1.54) is 0 Å². The Morgan fingerprint density at radius 2 is 1.48 bits per heavy atom. The summed E-state index contributed by atoms with van der Waals surface area (Å²) in [5.74, 6) is -0.749. The van der Waals surface area contributed by atoms with Crippen LogP contribution < -0.4 is 0 Å². The highest BCUT2D eigenvalue weighted by Crippen LogP contribution is 2.40. The Kier molecular flexibility index (Phi) is 3.38. The lowest BCUT2D eigenvalue weighted by Gasteiger charge is -2.44. The summed E-state index contributed by atoms with van der Waals surface area (Å²) >= 11 is 0.